The number of piperazine rings is 1. The van der Waals surface area contributed by atoms with Gasteiger partial charge in [0, 0.05) is 49.4 Å². The number of nitrogens with zero attached hydrogens (tertiary/aromatic N) is 3. The van der Waals surface area contributed by atoms with Crippen LogP contribution in [-0.4, -0.2) is 85.8 Å². The third-order valence-corrected chi connectivity index (χ3v) is 11.9. The number of hydrogen-bond donors (Lipinski definition) is 1. The summed E-state index contributed by atoms with van der Waals surface area (Å²) in [5.41, 5.74) is 8.48. The molecular weight excluding hydrogens is 636 g/mol. The second-order valence-electron chi connectivity index (χ2n) is 12.9. The number of nitrogens with two attached hydrogens (primary N) is 1. The zero-order valence-electron chi connectivity index (χ0n) is 26.6. The molecule has 11 heteroatoms. The number of carbonyl (C=O) groups is 2. The van der Waals surface area contributed by atoms with Crippen LogP contribution in [0.4, 0.5) is 0 Å². The molecule has 47 heavy (non-hydrogen) atoms. The summed E-state index contributed by atoms with van der Waals surface area (Å²) >= 11 is 6.03. The molecule has 3 fully saturated rings. The Labute approximate surface area is 282 Å². The van der Waals surface area contributed by atoms with Crippen molar-refractivity contribution in [2.24, 2.45) is 11.7 Å². The summed E-state index contributed by atoms with van der Waals surface area (Å²) in [4.78, 5) is 31.1. The van der Waals surface area contributed by atoms with Crippen LogP contribution in [0.3, 0.4) is 0 Å². The minimum Gasteiger partial charge on any atom is -0.493 e. The lowest BCUT2D eigenvalue weighted by atomic mass is 9.90. The molecule has 250 valence electrons. The predicted molar refractivity (Wildman–Crippen MR) is 183 cm³/mol. The van der Waals surface area contributed by atoms with Gasteiger partial charge in [-0.25, -0.2) is 8.42 Å². The smallest absolute Gasteiger partial charge is 0.253 e. The van der Waals surface area contributed by atoms with Crippen molar-refractivity contribution in [3.05, 3.63) is 83.4 Å². The van der Waals surface area contributed by atoms with E-state index >= 15 is 0 Å². The van der Waals surface area contributed by atoms with E-state index in [0.717, 1.165) is 24.0 Å². The summed E-state index contributed by atoms with van der Waals surface area (Å²) in [6.07, 6.45) is 7.35. The van der Waals surface area contributed by atoms with E-state index in [0.29, 0.717) is 54.8 Å². The molecule has 3 aromatic rings. The first kappa shape index (κ1) is 33.5. The molecule has 2 N–H and O–H groups in total. The summed E-state index contributed by atoms with van der Waals surface area (Å²) in [6.45, 7) is 1.66. The van der Waals surface area contributed by atoms with Crippen molar-refractivity contribution in [3.63, 3.8) is 0 Å². The highest BCUT2D eigenvalue weighted by Crippen LogP contribution is 2.29. The van der Waals surface area contributed by atoms with Gasteiger partial charge in [-0.2, -0.15) is 4.31 Å². The predicted octanol–water partition coefficient (Wildman–Crippen LogP) is 5.43. The number of benzene rings is 3. The van der Waals surface area contributed by atoms with Gasteiger partial charge in [0.25, 0.3) is 5.91 Å². The lowest BCUT2D eigenvalue weighted by Gasteiger charge is -2.42. The Morgan fingerprint density at radius 2 is 1.38 bits per heavy atom. The molecule has 0 bridgehead atoms. The van der Waals surface area contributed by atoms with Crippen LogP contribution < -0.4 is 10.5 Å². The van der Waals surface area contributed by atoms with Crippen LogP contribution in [0.5, 0.6) is 5.75 Å². The van der Waals surface area contributed by atoms with E-state index in [-0.39, 0.29) is 42.4 Å². The molecule has 2 aliphatic heterocycles. The normalized spacial score (nSPS) is 20.3. The van der Waals surface area contributed by atoms with Crippen molar-refractivity contribution < 1.29 is 22.7 Å². The summed E-state index contributed by atoms with van der Waals surface area (Å²) in [5, 5.41) is 0.647. The molecule has 1 saturated carbocycles. The van der Waals surface area contributed by atoms with Crippen LogP contribution in [0.15, 0.2) is 77.7 Å². The Bertz CT molecular complexity index is 1640. The maximum Gasteiger partial charge on any atom is 0.253 e. The van der Waals surface area contributed by atoms with Crippen LogP contribution in [-0.2, 0) is 14.8 Å². The Kier molecular flexibility index (Phi) is 10.5. The second-order valence-corrected chi connectivity index (χ2v) is 15.2. The van der Waals surface area contributed by atoms with E-state index in [1.165, 1.54) is 23.6 Å². The van der Waals surface area contributed by atoms with E-state index in [1.54, 1.807) is 46.2 Å². The van der Waals surface area contributed by atoms with Gasteiger partial charge < -0.3 is 20.3 Å². The lowest BCUT2D eigenvalue weighted by molar-refractivity contribution is -0.137. The molecule has 6 rings (SSSR count). The minimum absolute atomic E-state index is 0.000619. The fraction of sp³-hybridized carbons (Fsp3) is 0.444. The number of amides is 2. The van der Waals surface area contributed by atoms with Crippen LogP contribution in [0.25, 0.3) is 11.1 Å². The highest BCUT2D eigenvalue weighted by Gasteiger charge is 2.43. The van der Waals surface area contributed by atoms with Crippen molar-refractivity contribution in [1.82, 2.24) is 14.1 Å². The number of likely N-dealkylation sites (tertiary alicyclic amines) is 1. The summed E-state index contributed by atoms with van der Waals surface area (Å²) in [7, 11) is -4.05. The van der Waals surface area contributed by atoms with E-state index in [4.69, 9.17) is 22.1 Å². The number of piperidine rings is 1. The number of hydrogen-bond acceptors (Lipinski definition) is 6. The zero-order chi connectivity index (χ0) is 33.0. The molecule has 9 nitrogen and oxygen atoms in total. The molecule has 0 spiro atoms. The van der Waals surface area contributed by atoms with Crippen molar-refractivity contribution in [2.45, 2.75) is 61.9 Å². The van der Waals surface area contributed by atoms with E-state index in [1.807, 2.05) is 36.4 Å². The summed E-state index contributed by atoms with van der Waals surface area (Å²) in [6, 6.07) is 20.2. The molecular formula is C36H43ClN4O5S. The molecule has 2 amide bonds. The SMILES string of the molecule is NC1CCN(C(=O)[C@@H]2CN(C(=O)c3ccc(-c4ccc(Cl)cc4)cc3)CCN2S(=O)(=O)c2ccc(OCC3CCCCC3)cc2)CC1. The van der Waals surface area contributed by atoms with Gasteiger partial charge in [0.1, 0.15) is 11.8 Å². The number of carbonyl (C=O) groups excluding carboxylic acids is 2. The van der Waals surface area contributed by atoms with Crippen LogP contribution in [0.2, 0.25) is 5.02 Å². The zero-order valence-corrected chi connectivity index (χ0v) is 28.2. The average molecular weight is 679 g/mol. The Morgan fingerprint density at radius 1 is 0.766 bits per heavy atom. The molecule has 3 aliphatic rings. The first-order valence-corrected chi connectivity index (χ1v) is 18.5. The van der Waals surface area contributed by atoms with E-state index in [2.05, 4.69) is 0 Å². The Morgan fingerprint density at radius 3 is 2.02 bits per heavy atom. The maximum atomic E-state index is 14.1. The lowest BCUT2D eigenvalue weighted by Crippen LogP contribution is -2.62. The highest BCUT2D eigenvalue weighted by atomic mass is 35.5. The first-order chi connectivity index (χ1) is 22.7. The molecule has 2 saturated heterocycles. The molecule has 3 aromatic carbocycles. The van der Waals surface area contributed by atoms with Gasteiger partial charge >= 0.3 is 0 Å². The van der Waals surface area contributed by atoms with Gasteiger partial charge in [0.05, 0.1) is 11.5 Å². The van der Waals surface area contributed by atoms with Crippen LogP contribution in [0.1, 0.15) is 55.3 Å². The Balaban J connectivity index is 1.19. The van der Waals surface area contributed by atoms with Crippen molar-refractivity contribution in [3.8, 4) is 16.9 Å². The van der Waals surface area contributed by atoms with Crippen molar-refractivity contribution in [2.75, 3.05) is 39.3 Å². The summed E-state index contributed by atoms with van der Waals surface area (Å²) < 4.78 is 35.4. The maximum absolute atomic E-state index is 14.1. The average Bonchev–Trinajstić information content (AvgIpc) is 3.11. The summed E-state index contributed by atoms with van der Waals surface area (Å²) in [5.74, 6) is 0.610. The van der Waals surface area contributed by atoms with Crippen LogP contribution >= 0.6 is 11.6 Å². The highest BCUT2D eigenvalue weighted by molar-refractivity contribution is 7.89. The number of ether oxygens (including phenoxy) is 1. The number of rotatable bonds is 8. The molecule has 0 aromatic heterocycles. The van der Waals surface area contributed by atoms with Gasteiger partial charge in [-0.05, 0) is 91.3 Å². The molecule has 1 aliphatic carbocycles. The van der Waals surface area contributed by atoms with Crippen molar-refractivity contribution >= 4 is 33.4 Å². The van der Waals surface area contributed by atoms with Gasteiger partial charge in [-0.1, -0.05) is 55.1 Å². The van der Waals surface area contributed by atoms with Crippen LogP contribution in [0, 0.1) is 5.92 Å². The molecule has 0 radical (unpaired) electrons. The monoisotopic (exact) mass is 678 g/mol. The number of halogens is 1. The largest absolute Gasteiger partial charge is 0.493 e. The van der Waals surface area contributed by atoms with E-state index in [9.17, 15) is 18.0 Å². The second kappa shape index (κ2) is 14.8. The Hall–Kier alpha value is -3.44. The third kappa shape index (κ3) is 7.83. The molecule has 2 heterocycles. The van der Waals surface area contributed by atoms with Gasteiger partial charge in [0.2, 0.25) is 15.9 Å². The molecule has 0 unspecified atom stereocenters. The quantitative estimate of drug-likeness (QED) is 0.340. The first-order valence-electron chi connectivity index (χ1n) is 16.6. The number of sulfonamides is 1. The minimum atomic E-state index is -4.05. The fourth-order valence-corrected chi connectivity index (χ4v) is 8.50. The molecule has 1 atom stereocenters. The fourth-order valence-electron chi connectivity index (χ4n) is 6.81. The topological polar surface area (TPSA) is 113 Å². The van der Waals surface area contributed by atoms with Gasteiger partial charge in [-0.3, -0.25) is 9.59 Å². The van der Waals surface area contributed by atoms with Gasteiger partial charge in [0.15, 0.2) is 0 Å². The standard InChI is InChI=1S/C36H43ClN4O5S/c37-30-12-10-28(11-13-30)27-6-8-29(9-7-27)35(42)40-22-23-41(34(24-40)36(43)39-20-18-31(38)19-21-39)47(44,45)33-16-14-32(15-17-33)46-25-26-4-2-1-3-5-26/h6-17,26,31,34H,1-5,18-25,38H2/t34-/m0/s1. The van der Waals surface area contributed by atoms with Crippen molar-refractivity contribution in [1.29, 1.82) is 0 Å². The van der Waals surface area contributed by atoms with E-state index < -0.39 is 16.1 Å². The third-order valence-electron chi connectivity index (χ3n) is 9.70. The van der Waals surface area contributed by atoms with Gasteiger partial charge in [-0.15, -0.1) is 0 Å².